The molecule has 0 saturated carbocycles. The predicted molar refractivity (Wildman–Crippen MR) is 86.1 cm³/mol. The van der Waals surface area contributed by atoms with Gasteiger partial charge in [0.1, 0.15) is 5.75 Å². The van der Waals surface area contributed by atoms with Crippen molar-refractivity contribution in [2.75, 3.05) is 7.11 Å². The molecule has 3 N–H and O–H groups in total. The predicted octanol–water partition coefficient (Wildman–Crippen LogP) is 3.16. The summed E-state index contributed by atoms with van der Waals surface area (Å²) < 4.78 is 6.62. The second-order valence-electron chi connectivity index (χ2n) is 4.37. The molecule has 1 unspecified atom stereocenters. The standard InChI is InChI=1S/C15H17IN2O/c1-10-7-8-14(19-2)12(9-10)15(18-17)11-5-3-4-6-13(11)16/h3-9,15,18H,17H2,1-2H3. The molecular weight excluding hydrogens is 351 g/mol. The van der Waals surface area contributed by atoms with Crippen molar-refractivity contribution in [3.05, 3.63) is 62.7 Å². The normalized spacial score (nSPS) is 12.2. The molecular formula is C15H17IN2O. The summed E-state index contributed by atoms with van der Waals surface area (Å²) in [6.07, 6.45) is 0. The Morgan fingerprint density at radius 2 is 1.89 bits per heavy atom. The van der Waals surface area contributed by atoms with E-state index in [2.05, 4.69) is 53.1 Å². The number of hydrogen-bond acceptors (Lipinski definition) is 3. The first-order valence-electron chi connectivity index (χ1n) is 6.02. The molecule has 0 amide bonds. The number of rotatable bonds is 4. The summed E-state index contributed by atoms with van der Waals surface area (Å²) in [5.41, 5.74) is 6.27. The fourth-order valence-corrected chi connectivity index (χ4v) is 2.83. The molecule has 2 aromatic carbocycles. The van der Waals surface area contributed by atoms with E-state index >= 15 is 0 Å². The molecule has 0 aliphatic heterocycles. The molecule has 0 fully saturated rings. The first-order chi connectivity index (χ1) is 9.17. The van der Waals surface area contributed by atoms with Gasteiger partial charge >= 0.3 is 0 Å². The molecule has 4 heteroatoms. The SMILES string of the molecule is COc1ccc(C)cc1C(NN)c1ccccc1I. The Labute approximate surface area is 127 Å². The summed E-state index contributed by atoms with van der Waals surface area (Å²) in [5, 5.41) is 0. The molecule has 2 aromatic rings. The maximum absolute atomic E-state index is 5.77. The van der Waals surface area contributed by atoms with Gasteiger partial charge in [-0.2, -0.15) is 0 Å². The third-order valence-corrected chi connectivity index (χ3v) is 4.06. The van der Waals surface area contributed by atoms with E-state index in [1.54, 1.807) is 7.11 Å². The molecule has 0 saturated heterocycles. The van der Waals surface area contributed by atoms with Crippen molar-refractivity contribution in [2.24, 2.45) is 5.84 Å². The number of hydrazine groups is 1. The van der Waals surface area contributed by atoms with Crippen LogP contribution in [0.4, 0.5) is 0 Å². The highest BCUT2D eigenvalue weighted by atomic mass is 127. The first-order valence-corrected chi connectivity index (χ1v) is 7.10. The van der Waals surface area contributed by atoms with Crippen LogP contribution in [0, 0.1) is 10.5 Å². The van der Waals surface area contributed by atoms with Crippen LogP contribution in [-0.2, 0) is 0 Å². The monoisotopic (exact) mass is 368 g/mol. The lowest BCUT2D eigenvalue weighted by Crippen LogP contribution is -2.29. The highest BCUT2D eigenvalue weighted by molar-refractivity contribution is 14.1. The van der Waals surface area contributed by atoms with Crippen LogP contribution >= 0.6 is 22.6 Å². The minimum Gasteiger partial charge on any atom is -0.496 e. The van der Waals surface area contributed by atoms with Crippen molar-refractivity contribution < 1.29 is 4.74 Å². The van der Waals surface area contributed by atoms with Gasteiger partial charge in [-0.25, -0.2) is 5.43 Å². The second-order valence-corrected chi connectivity index (χ2v) is 5.53. The first kappa shape index (κ1) is 14.3. The third kappa shape index (κ3) is 3.08. The van der Waals surface area contributed by atoms with E-state index in [0.29, 0.717) is 0 Å². The molecule has 0 radical (unpaired) electrons. The fourth-order valence-electron chi connectivity index (χ4n) is 2.14. The number of nitrogens with two attached hydrogens (primary N) is 1. The van der Waals surface area contributed by atoms with E-state index in [9.17, 15) is 0 Å². The summed E-state index contributed by atoms with van der Waals surface area (Å²) in [6, 6.07) is 14.2. The lowest BCUT2D eigenvalue weighted by molar-refractivity contribution is 0.404. The molecule has 0 heterocycles. The van der Waals surface area contributed by atoms with Gasteiger partial charge in [0.2, 0.25) is 0 Å². The molecule has 0 spiro atoms. The molecule has 2 rings (SSSR count). The van der Waals surface area contributed by atoms with E-state index in [0.717, 1.165) is 16.9 Å². The van der Waals surface area contributed by atoms with E-state index in [1.165, 1.54) is 9.13 Å². The van der Waals surface area contributed by atoms with Gasteiger partial charge in [0.15, 0.2) is 0 Å². The topological polar surface area (TPSA) is 47.3 Å². The van der Waals surface area contributed by atoms with Crippen molar-refractivity contribution in [1.29, 1.82) is 0 Å². The molecule has 0 aliphatic carbocycles. The van der Waals surface area contributed by atoms with Crippen molar-refractivity contribution in [2.45, 2.75) is 13.0 Å². The third-order valence-electron chi connectivity index (χ3n) is 3.08. The number of nitrogens with one attached hydrogen (secondary N) is 1. The Morgan fingerprint density at radius 3 is 2.53 bits per heavy atom. The zero-order valence-electron chi connectivity index (χ0n) is 11.0. The van der Waals surface area contributed by atoms with Crippen molar-refractivity contribution in [3.8, 4) is 5.75 Å². The maximum Gasteiger partial charge on any atom is 0.124 e. The number of methoxy groups -OCH3 is 1. The van der Waals surface area contributed by atoms with Crippen LogP contribution in [-0.4, -0.2) is 7.11 Å². The second kappa shape index (κ2) is 6.36. The van der Waals surface area contributed by atoms with Crippen LogP contribution in [0.5, 0.6) is 5.75 Å². The number of aryl methyl sites for hydroxylation is 1. The molecule has 19 heavy (non-hydrogen) atoms. The van der Waals surface area contributed by atoms with Crippen molar-refractivity contribution >= 4 is 22.6 Å². The minimum absolute atomic E-state index is 0.0806. The molecule has 0 aliphatic rings. The number of halogens is 1. The van der Waals surface area contributed by atoms with Gasteiger partial charge in [-0.1, -0.05) is 35.9 Å². The van der Waals surface area contributed by atoms with Crippen LogP contribution < -0.4 is 16.0 Å². The molecule has 0 bridgehead atoms. The largest absolute Gasteiger partial charge is 0.496 e. The Kier molecular flexibility index (Phi) is 4.79. The smallest absolute Gasteiger partial charge is 0.124 e. The molecule has 100 valence electrons. The highest BCUT2D eigenvalue weighted by Crippen LogP contribution is 2.32. The van der Waals surface area contributed by atoms with E-state index < -0.39 is 0 Å². The van der Waals surface area contributed by atoms with Gasteiger partial charge in [-0.05, 0) is 47.2 Å². The summed E-state index contributed by atoms with van der Waals surface area (Å²) >= 11 is 2.32. The number of benzene rings is 2. The van der Waals surface area contributed by atoms with Crippen LogP contribution in [0.25, 0.3) is 0 Å². The van der Waals surface area contributed by atoms with Crippen LogP contribution in [0.15, 0.2) is 42.5 Å². The van der Waals surface area contributed by atoms with Crippen molar-refractivity contribution in [1.82, 2.24) is 5.43 Å². The van der Waals surface area contributed by atoms with Crippen LogP contribution in [0.2, 0.25) is 0 Å². The number of hydrogen-bond donors (Lipinski definition) is 2. The summed E-state index contributed by atoms with van der Waals surface area (Å²) in [5.74, 6) is 6.61. The zero-order valence-corrected chi connectivity index (χ0v) is 13.1. The van der Waals surface area contributed by atoms with Gasteiger partial charge < -0.3 is 4.74 Å². The Hall–Kier alpha value is -1.11. The summed E-state index contributed by atoms with van der Waals surface area (Å²) in [6.45, 7) is 2.06. The average molecular weight is 368 g/mol. The minimum atomic E-state index is -0.0806. The van der Waals surface area contributed by atoms with Gasteiger partial charge in [0.05, 0.1) is 13.2 Å². The van der Waals surface area contributed by atoms with Gasteiger partial charge in [-0.3, -0.25) is 5.84 Å². The zero-order chi connectivity index (χ0) is 13.8. The summed E-state index contributed by atoms with van der Waals surface area (Å²) in [7, 11) is 1.68. The quantitative estimate of drug-likeness (QED) is 0.495. The van der Waals surface area contributed by atoms with Gasteiger partial charge in [0, 0.05) is 9.13 Å². The maximum atomic E-state index is 5.77. The van der Waals surface area contributed by atoms with Crippen LogP contribution in [0.3, 0.4) is 0 Å². The fraction of sp³-hybridized carbons (Fsp3) is 0.200. The number of ether oxygens (including phenoxy) is 1. The van der Waals surface area contributed by atoms with E-state index in [1.807, 2.05) is 24.3 Å². The van der Waals surface area contributed by atoms with E-state index in [-0.39, 0.29) is 6.04 Å². The van der Waals surface area contributed by atoms with Gasteiger partial charge in [0.25, 0.3) is 0 Å². The Morgan fingerprint density at radius 1 is 1.16 bits per heavy atom. The molecule has 0 aromatic heterocycles. The van der Waals surface area contributed by atoms with E-state index in [4.69, 9.17) is 10.6 Å². The Balaban J connectivity index is 2.54. The summed E-state index contributed by atoms with van der Waals surface area (Å²) in [4.78, 5) is 0. The lowest BCUT2D eigenvalue weighted by Gasteiger charge is -2.21. The van der Waals surface area contributed by atoms with Crippen LogP contribution in [0.1, 0.15) is 22.7 Å². The van der Waals surface area contributed by atoms with Gasteiger partial charge in [-0.15, -0.1) is 0 Å². The van der Waals surface area contributed by atoms with Crippen molar-refractivity contribution in [3.63, 3.8) is 0 Å². The Bertz CT molecular complexity index is 572. The molecule has 3 nitrogen and oxygen atoms in total. The lowest BCUT2D eigenvalue weighted by atomic mass is 9.97. The average Bonchev–Trinajstić information content (AvgIpc) is 2.42. The molecule has 1 atom stereocenters. The highest BCUT2D eigenvalue weighted by Gasteiger charge is 2.19.